The van der Waals surface area contributed by atoms with Gasteiger partial charge in [-0.25, -0.2) is 4.98 Å². The van der Waals surface area contributed by atoms with Crippen molar-refractivity contribution in [3.63, 3.8) is 0 Å². The molecule has 3 aromatic carbocycles. The van der Waals surface area contributed by atoms with E-state index in [1.807, 2.05) is 30.3 Å². The van der Waals surface area contributed by atoms with Crippen LogP contribution >= 0.6 is 11.6 Å². The van der Waals surface area contributed by atoms with Crippen LogP contribution < -0.4 is 10.2 Å². The summed E-state index contributed by atoms with van der Waals surface area (Å²) >= 11 is 6.31. The SMILES string of the molecule is Oc1ccc(Cl)cc1C(c1cccc(N2CCNCC2)c1)c1nc2ccccc2[nH]1. The standard InChI is InChI=1S/C24H23ClN4O/c25-17-8-9-22(30)19(15-17)23(24-27-20-6-1-2-7-21(20)28-24)16-4-3-5-18(14-16)29-12-10-26-11-13-29/h1-9,14-15,23,26,30H,10-13H2,(H,27,28). The molecule has 30 heavy (non-hydrogen) atoms. The van der Waals surface area contributed by atoms with Gasteiger partial charge in [0.2, 0.25) is 0 Å². The zero-order valence-corrected chi connectivity index (χ0v) is 17.2. The van der Waals surface area contributed by atoms with Crippen molar-refractivity contribution in [2.24, 2.45) is 0 Å². The van der Waals surface area contributed by atoms with Crippen molar-refractivity contribution in [1.29, 1.82) is 0 Å². The number of nitrogens with zero attached hydrogens (tertiary/aromatic N) is 2. The number of para-hydroxylation sites is 2. The molecule has 152 valence electrons. The molecule has 0 spiro atoms. The smallest absolute Gasteiger partial charge is 0.119 e. The lowest BCUT2D eigenvalue weighted by Gasteiger charge is -2.30. The van der Waals surface area contributed by atoms with Crippen LogP contribution in [0.4, 0.5) is 5.69 Å². The highest BCUT2D eigenvalue weighted by atomic mass is 35.5. The number of nitrogens with one attached hydrogen (secondary N) is 2. The lowest BCUT2D eigenvalue weighted by atomic mass is 9.89. The van der Waals surface area contributed by atoms with E-state index in [0.717, 1.165) is 54.2 Å². The third-order valence-electron chi connectivity index (χ3n) is 5.67. The van der Waals surface area contributed by atoms with Gasteiger partial charge in [0.25, 0.3) is 0 Å². The second-order valence-electron chi connectivity index (χ2n) is 7.61. The monoisotopic (exact) mass is 418 g/mol. The number of anilines is 1. The van der Waals surface area contributed by atoms with Crippen LogP contribution in [0.5, 0.6) is 5.75 Å². The lowest BCUT2D eigenvalue weighted by Crippen LogP contribution is -2.43. The normalized spacial score (nSPS) is 15.4. The van der Waals surface area contributed by atoms with Crippen molar-refractivity contribution in [2.75, 3.05) is 31.1 Å². The van der Waals surface area contributed by atoms with Gasteiger partial charge in [-0.2, -0.15) is 0 Å². The summed E-state index contributed by atoms with van der Waals surface area (Å²) in [5.41, 5.74) is 4.84. The van der Waals surface area contributed by atoms with Crippen LogP contribution in [0.1, 0.15) is 22.9 Å². The summed E-state index contributed by atoms with van der Waals surface area (Å²) in [5, 5.41) is 14.7. The van der Waals surface area contributed by atoms with E-state index in [4.69, 9.17) is 16.6 Å². The zero-order valence-electron chi connectivity index (χ0n) is 16.5. The van der Waals surface area contributed by atoms with Gasteiger partial charge in [-0.05, 0) is 48.0 Å². The molecule has 1 aromatic heterocycles. The third-order valence-corrected chi connectivity index (χ3v) is 5.90. The van der Waals surface area contributed by atoms with Crippen molar-refractivity contribution in [2.45, 2.75) is 5.92 Å². The fourth-order valence-electron chi connectivity index (χ4n) is 4.17. The molecule has 3 N–H and O–H groups in total. The topological polar surface area (TPSA) is 64.2 Å². The zero-order chi connectivity index (χ0) is 20.5. The molecule has 1 atom stereocenters. The number of phenols is 1. The van der Waals surface area contributed by atoms with E-state index in [2.05, 4.69) is 39.5 Å². The second-order valence-corrected chi connectivity index (χ2v) is 8.04. The minimum absolute atomic E-state index is 0.206. The average Bonchev–Trinajstić information content (AvgIpc) is 3.21. The van der Waals surface area contributed by atoms with Crippen LogP contribution in [-0.4, -0.2) is 41.3 Å². The number of aromatic hydroxyl groups is 1. The van der Waals surface area contributed by atoms with Gasteiger partial charge in [0.05, 0.1) is 17.0 Å². The van der Waals surface area contributed by atoms with Gasteiger partial charge in [-0.1, -0.05) is 35.9 Å². The molecular formula is C24H23ClN4O. The number of aromatic nitrogens is 2. The Bertz CT molecular complexity index is 1150. The Morgan fingerprint density at radius 2 is 1.80 bits per heavy atom. The minimum atomic E-state index is -0.265. The number of imidazole rings is 1. The van der Waals surface area contributed by atoms with Crippen LogP contribution in [0.25, 0.3) is 11.0 Å². The molecular weight excluding hydrogens is 396 g/mol. The number of halogens is 1. The largest absolute Gasteiger partial charge is 0.508 e. The third kappa shape index (κ3) is 3.62. The number of hydrogen-bond donors (Lipinski definition) is 3. The molecule has 1 aliphatic heterocycles. The molecule has 1 aliphatic rings. The van der Waals surface area contributed by atoms with Crippen molar-refractivity contribution in [1.82, 2.24) is 15.3 Å². The van der Waals surface area contributed by atoms with Crippen molar-refractivity contribution >= 4 is 28.3 Å². The maximum Gasteiger partial charge on any atom is 0.119 e. The number of fused-ring (bicyclic) bond motifs is 1. The first kappa shape index (κ1) is 19.0. The van der Waals surface area contributed by atoms with Gasteiger partial charge in [-0.15, -0.1) is 0 Å². The van der Waals surface area contributed by atoms with E-state index in [1.165, 1.54) is 5.69 Å². The summed E-state index contributed by atoms with van der Waals surface area (Å²) in [5.74, 6) is 0.725. The molecule has 6 heteroatoms. The first-order valence-corrected chi connectivity index (χ1v) is 10.6. The van der Waals surface area contributed by atoms with Crippen LogP contribution in [0.15, 0.2) is 66.7 Å². The Kier molecular flexibility index (Phi) is 5.07. The van der Waals surface area contributed by atoms with E-state index in [9.17, 15) is 5.11 Å². The molecule has 0 aliphatic carbocycles. The number of H-pyrrole nitrogens is 1. The Labute approximate surface area is 180 Å². The highest BCUT2D eigenvalue weighted by Gasteiger charge is 2.25. The maximum atomic E-state index is 10.7. The Morgan fingerprint density at radius 1 is 0.967 bits per heavy atom. The fourth-order valence-corrected chi connectivity index (χ4v) is 4.36. The van der Waals surface area contributed by atoms with E-state index in [0.29, 0.717) is 5.02 Å². The molecule has 0 radical (unpaired) electrons. The number of benzene rings is 3. The molecule has 2 heterocycles. The van der Waals surface area contributed by atoms with Gasteiger partial charge >= 0.3 is 0 Å². The van der Waals surface area contributed by atoms with Gasteiger partial charge in [0, 0.05) is 42.5 Å². The molecule has 1 saturated heterocycles. The summed E-state index contributed by atoms with van der Waals surface area (Å²) in [7, 11) is 0. The van der Waals surface area contributed by atoms with Crippen molar-refractivity contribution in [3.8, 4) is 5.75 Å². The minimum Gasteiger partial charge on any atom is -0.508 e. The Balaban J connectivity index is 1.65. The number of rotatable bonds is 4. The van der Waals surface area contributed by atoms with Crippen LogP contribution in [0.2, 0.25) is 5.02 Å². The predicted octanol–water partition coefficient (Wildman–Crippen LogP) is 4.51. The summed E-state index contributed by atoms with van der Waals surface area (Å²) < 4.78 is 0. The number of phenolic OH excluding ortho intramolecular Hbond substituents is 1. The molecule has 5 rings (SSSR count). The van der Waals surface area contributed by atoms with E-state index < -0.39 is 0 Å². The molecule has 4 aromatic rings. The maximum absolute atomic E-state index is 10.7. The van der Waals surface area contributed by atoms with E-state index in [1.54, 1.807) is 12.1 Å². The van der Waals surface area contributed by atoms with Crippen LogP contribution in [0.3, 0.4) is 0 Å². The molecule has 0 saturated carbocycles. The second kappa shape index (κ2) is 8.01. The molecule has 5 nitrogen and oxygen atoms in total. The number of piperazine rings is 1. The summed E-state index contributed by atoms with van der Waals surface area (Å²) in [6.45, 7) is 3.90. The fraction of sp³-hybridized carbons (Fsp3) is 0.208. The predicted molar refractivity (Wildman–Crippen MR) is 122 cm³/mol. The van der Waals surface area contributed by atoms with Gasteiger partial charge < -0.3 is 20.3 Å². The molecule has 0 bridgehead atoms. The van der Waals surface area contributed by atoms with Gasteiger partial charge in [0.15, 0.2) is 0 Å². The van der Waals surface area contributed by atoms with Gasteiger partial charge in [-0.3, -0.25) is 0 Å². The lowest BCUT2D eigenvalue weighted by molar-refractivity contribution is 0.466. The summed E-state index contributed by atoms with van der Waals surface area (Å²) in [6.07, 6.45) is 0. The number of aromatic amines is 1. The summed E-state index contributed by atoms with van der Waals surface area (Å²) in [4.78, 5) is 10.7. The molecule has 1 unspecified atom stereocenters. The van der Waals surface area contributed by atoms with Crippen molar-refractivity contribution < 1.29 is 5.11 Å². The number of hydrogen-bond acceptors (Lipinski definition) is 4. The highest BCUT2D eigenvalue weighted by Crippen LogP contribution is 2.38. The van der Waals surface area contributed by atoms with Crippen LogP contribution in [0, 0.1) is 0 Å². The first-order valence-electron chi connectivity index (χ1n) is 10.2. The van der Waals surface area contributed by atoms with E-state index in [-0.39, 0.29) is 11.7 Å². The quantitative estimate of drug-likeness (QED) is 0.456. The first-order chi connectivity index (χ1) is 14.7. The highest BCUT2D eigenvalue weighted by molar-refractivity contribution is 6.30. The molecule has 1 fully saturated rings. The van der Waals surface area contributed by atoms with Gasteiger partial charge in [0.1, 0.15) is 11.6 Å². The van der Waals surface area contributed by atoms with Crippen LogP contribution in [-0.2, 0) is 0 Å². The average molecular weight is 419 g/mol. The molecule has 0 amide bonds. The summed E-state index contributed by atoms with van der Waals surface area (Å²) in [6, 6.07) is 21.6. The van der Waals surface area contributed by atoms with Crippen molar-refractivity contribution in [3.05, 3.63) is 88.7 Å². The Morgan fingerprint density at radius 3 is 2.63 bits per heavy atom. The van der Waals surface area contributed by atoms with E-state index >= 15 is 0 Å². The Hall–Kier alpha value is -3.02.